The third kappa shape index (κ3) is 4.68. The Morgan fingerprint density at radius 1 is 1.00 bits per heavy atom. The van der Waals surface area contributed by atoms with Crippen LogP contribution in [0.4, 0.5) is 39.5 Å². The minimum absolute atomic E-state index is 0.102. The molecule has 0 aliphatic carbocycles. The number of hydrogen-bond donors (Lipinski definition) is 2. The van der Waals surface area contributed by atoms with Crippen LogP contribution in [-0.4, -0.2) is 51.3 Å². The molecule has 0 bridgehead atoms. The van der Waals surface area contributed by atoms with Crippen LogP contribution >= 0.6 is 0 Å². The van der Waals surface area contributed by atoms with Crippen molar-refractivity contribution in [2.75, 3.05) is 0 Å². The second kappa shape index (κ2) is 6.81. The number of sulfonamides is 1. The maximum absolute atomic E-state index is 13.4. The molecule has 0 aliphatic rings. The molecule has 0 aromatic heterocycles. The Bertz CT molecular complexity index is 689. The number of rotatable bonds is 7. The monoisotopic (exact) mass is 433 g/mol. The fraction of sp³-hybridized carbons (Fsp3) is 0.875. The van der Waals surface area contributed by atoms with Crippen molar-refractivity contribution in [2.45, 2.75) is 41.9 Å². The minimum atomic E-state index is -7.09. The topological polar surface area (TPSA) is 97.4 Å². The molecule has 17 heteroatoms. The Morgan fingerprint density at radius 2 is 1.40 bits per heavy atom. The van der Waals surface area contributed by atoms with Crippen LogP contribution in [0, 0.1) is 0 Å². The Hall–Kier alpha value is -1.26. The summed E-state index contributed by atoms with van der Waals surface area (Å²) in [4.78, 5) is 10.7. The number of carbonyl (C=O) groups excluding carboxylic acids is 1. The van der Waals surface area contributed by atoms with Crippen molar-refractivity contribution in [1.29, 1.82) is 0 Å². The molecule has 6 nitrogen and oxygen atoms in total. The van der Waals surface area contributed by atoms with Gasteiger partial charge < -0.3 is 0 Å². The molecule has 0 fully saturated rings. The van der Waals surface area contributed by atoms with Crippen LogP contribution in [0.2, 0.25) is 0 Å². The summed E-state index contributed by atoms with van der Waals surface area (Å²) in [6.45, 7) is -0.134. The summed E-state index contributed by atoms with van der Waals surface area (Å²) < 4.78 is 158. The third-order valence-corrected chi connectivity index (χ3v) is 4.96. The van der Waals surface area contributed by atoms with Crippen molar-refractivity contribution < 1.29 is 61.1 Å². The SMILES string of the molecule is C[C@@H]([SH](=O)=O)C(F)(F)C(F)(F)C(F)(F)S(=O)(=O)NC(=O)CC(F)(F)F. The lowest BCUT2D eigenvalue weighted by Gasteiger charge is -2.33. The largest absolute Gasteiger partial charge is 0.431 e. The molecule has 1 N–H and O–H groups in total. The van der Waals surface area contributed by atoms with Gasteiger partial charge in [-0.3, -0.25) is 4.79 Å². The molecule has 0 aromatic carbocycles. The standard InChI is InChI=1S/C8H8F9NO5S2/c1-3(24(20)21)6(12,13)7(14,15)8(16,17)25(22,23)18-4(19)2-5(9,10)11/h3,24H,2H2,1H3,(H,18,19)/t3-/m1/s1. The molecule has 0 saturated carbocycles. The number of halogens is 9. The molecule has 0 aromatic rings. The van der Waals surface area contributed by atoms with Gasteiger partial charge in [-0.25, -0.2) is 13.1 Å². The van der Waals surface area contributed by atoms with E-state index in [4.69, 9.17) is 0 Å². The van der Waals surface area contributed by atoms with E-state index < -0.39 is 61.6 Å². The lowest BCUT2D eigenvalue weighted by molar-refractivity contribution is -0.277. The molecule has 0 saturated heterocycles. The maximum atomic E-state index is 13.4. The van der Waals surface area contributed by atoms with Gasteiger partial charge in [0.15, 0.2) is 0 Å². The Kier molecular flexibility index (Phi) is 6.46. The number of carbonyl (C=O) groups is 1. The molecular weight excluding hydrogens is 425 g/mol. The summed E-state index contributed by atoms with van der Waals surface area (Å²) in [5, 5.41) is -10.3. The van der Waals surface area contributed by atoms with E-state index in [1.165, 1.54) is 0 Å². The van der Waals surface area contributed by atoms with Crippen LogP contribution < -0.4 is 4.72 Å². The first-order valence-electron chi connectivity index (χ1n) is 5.59. The van der Waals surface area contributed by atoms with Crippen LogP contribution in [0.15, 0.2) is 0 Å². The molecule has 0 rings (SSSR count). The second-order valence-corrected chi connectivity index (χ2v) is 7.57. The molecule has 0 radical (unpaired) electrons. The summed E-state index contributed by atoms with van der Waals surface area (Å²) in [6, 6.07) is 0. The predicted molar refractivity (Wildman–Crippen MR) is 62.4 cm³/mol. The smallest absolute Gasteiger partial charge is 0.274 e. The number of thiol groups is 1. The van der Waals surface area contributed by atoms with E-state index in [1.54, 1.807) is 0 Å². The highest BCUT2D eigenvalue weighted by molar-refractivity contribution is 7.91. The average molecular weight is 433 g/mol. The zero-order valence-corrected chi connectivity index (χ0v) is 13.3. The van der Waals surface area contributed by atoms with E-state index in [2.05, 4.69) is 0 Å². The molecule has 0 aliphatic heterocycles. The first-order chi connectivity index (χ1) is 10.7. The highest BCUT2D eigenvalue weighted by atomic mass is 32.2. The number of alkyl halides is 9. The summed E-state index contributed by atoms with van der Waals surface area (Å²) >= 11 is 0. The Balaban J connectivity index is 5.90. The van der Waals surface area contributed by atoms with Crippen molar-refractivity contribution in [1.82, 2.24) is 4.72 Å². The van der Waals surface area contributed by atoms with Gasteiger partial charge >= 0.3 is 33.3 Å². The second-order valence-electron chi connectivity index (χ2n) is 4.50. The third-order valence-electron chi connectivity index (χ3n) is 2.57. The minimum Gasteiger partial charge on any atom is -0.274 e. The first-order valence-corrected chi connectivity index (χ1v) is 8.32. The van der Waals surface area contributed by atoms with Gasteiger partial charge in [0.1, 0.15) is 22.4 Å². The molecule has 0 spiro atoms. The maximum Gasteiger partial charge on any atom is 0.431 e. The number of amides is 1. The van der Waals surface area contributed by atoms with E-state index in [-0.39, 0.29) is 11.6 Å². The van der Waals surface area contributed by atoms with Gasteiger partial charge in [-0.05, 0) is 6.92 Å². The molecule has 1 amide bonds. The number of hydrogen-bond acceptors (Lipinski definition) is 5. The van der Waals surface area contributed by atoms with Crippen molar-refractivity contribution in [3.63, 3.8) is 0 Å². The molecular formula is C8H8F9NO5S2. The van der Waals surface area contributed by atoms with Crippen molar-refractivity contribution in [2.24, 2.45) is 0 Å². The van der Waals surface area contributed by atoms with Crippen LogP contribution in [0.1, 0.15) is 13.3 Å². The highest BCUT2D eigenvalue weighted by Crippen LogP contribution is 2.50. The Morgan fingerprint density at radius 3 is 1.72 bits per heavy atom. The summed E-state index contributed by atoms with van der Waals surface area (Å²) in [6.07, 6.45) is -8.11. The first kappa shape index (κ1) is 23.7. The normalized spacial score (nSPS) is 16.0. The van der Waals surface area contributed by atoms with Gasteiger partial charge in [-0.15, -0.1) is 0 Å². The number of nitrogens with one attached hydrogen (secondary N) is 1. The molecule has 0 heterocycles. The summed E-state index contributed by atoms with van der Waals surface area (Å²) in [5.41, 5.74) is 0. The Labute approximate surface area is 135 Å². The van der Waals surface area contributed by atoms with E-state index >= 15 is 0 Å². The van der Waals surface area contributed by atoms with Gasteiger partial charge in [0.05, 0.1) is 0 Å². The molecule has 25 heavy (non-hydrogen) atoms. The lowest BCUT2D eigenvalue weighted by atomic mass is 10.1. The zero-order chi connectivity index (χ0) is 20.6. The van der Waals surface area contributed by atoms with Gasteiger partial charge in [0.25, 0.3) is 0 Å². The van der Waals surface area contributed by atoms with E-state index in [9.17, 15) is 61.1 Å². The highest BCUT2D eigenvalue weighted by Gasteiger charge is 2.79. The fourth-order valence-electron chi connectivity index (χ4n) is 1.19. The summed E-state index contributed by atoms with van der Waals surface area (Å²) in [7, 11) is -11.5. The van der Waals surface area contributed by atoms with E-state index in [1.807, 2.05) is 0 Å². The van der Waals surface area contributed by atoms with Crippen LogP contribution in [-0.2, 0) is 25.5 Å². The van der Waals surface area contributed by atoms with E-state index in [0.717, 1.165) is 0 Å². The van der Waals surface area contributed by atoms with Crippen LogP contribution in [0.5, 0.6) is 0 Å². The van der Waals surface area contributed by atoms with Gasteiger partial charge in [0, 0.05) is 0 Å². The zero-order valence-electron chi connectivity index (χ0n) is 11.6. The molecule has 0 unspecified atom stereocenters. The predicted octanol–water partition coefficient (Wildman–Crippen LogP) is 1.25. The van der Waals surface area contributed by atoms with Gasteiger partial charge in [-0.1, -0.05) is 0 Å². The lowest BCUT2D eigenvalue weighted by Crippen LogP contribution is -2.64. The van der Waals surface area contributed by atoms with Crippen molar-refractivity contribution in [3.05, 3.63) is 0 Å². The quantitative estimate of drug-likeness (QED) is 0.465. The van der Waals surface area contributed by atoms with Gasteiger partial charge in [0.2, 0.25) is 5.91 Å². The van der Waals surface area contributed by atoms with Crippen LogP contribution in [0.3, 0.4) is 0 Å². The molecule has 150 valence electrons. The summed E-state index contributed by atoms with van der Waals surface area (Å²) in [5.74, 6) is -15.8. The van der Waals surface area contributed by atoms with Crippen molar-refractivity contribution in [3.8, 4) is 0 Å². The van der Waals surface area contributed by atoms with Crippen LogP contribution in [0.25, 0.3) is 0 Å². The van der Waals surface area contributed by atoms with Crippen molar-refractivity contribution >= 4 is 26.6 Å². The van der Waals surface area contributed by atoms with E-state index in [0.29, 0.717) is 0 Å². The molecule has 1 atom stereocenters. The fourth-order valence-corrected chi connectivity index (χ4v) is 2.59. The average Bonchev–Trinajstić information content (AvgIpc) is 2.33. The van der Waals surface area contributed by atoms with Gasteiger partial charge in [-0.2, -0.15) is 47.9 Å².